The Bertz CT molecular complexity index is 1430. The van der Waals surface area contributed by atoms with Crippen LogP contribution < -0.4 is 0 Å². The molecule has 83 heavy (non-hydrogen) atoms. The molecular weight excluding hydrogens is 1020 g/mol. The van der Waals surface area contributed by atoms with Crippen molar-refractivity contribution in [3.63, 3.8) is 0 Å². The van der Waals surface area contributed by atoms with Crippen molar-refractivity contribution in [3.05, 3.63) is 48.6 Å². The number of rotatable bonds is 69. The fourth-order valence-electron chi connectivity index (χ4n) is 11.2. The van der Waals surface area contributed by atoms with Crippen LogP contribution in [0.4, 0.5) is 0 Å². The molecule has 0 aromatic carbocycles. The molecule has 6 nitrogen and oxygen atoms in total. The molecule has 0 heterocycles. The Morgan fingerprint density at radius 2 is 0.434 bits per heavy atom. The topological polar surface area (TPSA) is 78.9 Å². The molecule has 0 spiro atoms. The van der Waals surface area contributed by atoms with Gasteiger partial charge in [-0.05, 0) is 83.5 Å². The van der Waals surface area contributed by atoms with E-state index < -0.39 is 6.10 Å². The monoisotopic (exact) mass is 1160 g/mol. The summed E-state index contributed by atoms with van der Waals surface area (Å²) >= 11 is 0. The van der Waals surface area contributed by atoms with E-state index >= 15 is 0 Å². The van der Waals surface area contributed by atoms with Crippen LogP contribution in [0.5, 0.6) is 0 Å². The molecule has 486 valence electrons. The van der Waals surface area contributed by atoms with Gasteiger partial charge in [0.05, 0.1) is 0 Å². The van der Waals surface area contributed by atoms with E-state index in [1.54, 1.807) is 0 Å². The SMILES string of the molecule is CCCCCCC/C=C\C/C=C\C/C=C\CCCCCCCCC(=O)OC(COC(=O)CCCCCCCCCCCCCCC)COC(=O)CCCCCCCCCCCCCCCCCCCCC/C=C\CCCCCCCCCC. The molecule has 0 rings (SSSR count). The highest BCUT2D eigenvalue weighted by atomic mass is 16.6. The first-order chi connectivity index (χ1) is 41.0. The maximum atomic E-state index is 13.0. The number of allylic oxidation sites excluding steroid dienone is 8. The van der Waals surface area contributed by atoms with Crippen molar-refractivity contribution in [3.8, 4) is 0 Å². The first kappa shape index (κ1) is 80.4. The van der Waals surface area contributed by atoms with Crippen LogP contribution in [0.15, 0.2) is 48.6 Å². The van der Waals surface area contributed by atoms with Crippen LogP contribution in [-0.2, 0) is 28.6 Å². The number of hydrogen-bond donors (Lipinski definition) is 0. The fraction of sp³-hybridized carbons (Fsp3) is 0.857. The lowest BCUT2D eigenvalue weighted by molar-refractivity contribution is -0.167. The van der Waals surface area contributed by atoms with E-state index in [-0.39, 0.29) is 31.1 Å². The summed E-state index contributed by atoms with van der Waals surface area (Å²) in [5.41, 5.74) is 0. The molecule has 0 radical (unpaired) electrons. The quantitative estimate of drug-likeness (QED) is 0.0261. The number of esters is 3. The summed E-state index contributed by atoms with van der Waals surface area (Å²) in [5.74, 6) is -0.858. The predicted molar refractivity (Wildman–Crippen MR) is 362 cm³/mol. The summed E-state index contributed by atoms with van der Waals surface area (Å²) in [6, 6.07) is 0. The lowest BCUT2D eigenvalue weighted by Gasteiger charge is -2.18. The van der Waals surface area contributed by atoms with Gasteiger partial charge in [-0.15, -0.1) is 0 Å². The maximum absolute atomic E-state index is 13.0. The van der Waals surface area contributed by atoms with E-state index in [9.17, 15) is 14.4 Å². The minimum absolute atomic E-state index is 0.0734. The summed E-state index contributed by atoms with van der Waals surface area (Å²) in [6.07, 6.45) is 91.6. The maximum Gasteiger partial charge on any atom is 0.306 e. The van der Waals surface area contributed by atoms with Gasteiger partial charge in [-0.3, -0.25) is 14.4 Å². The molecule has 0 bridgehead atoms. The van der Waals surface area contributed by atoms with Crippen LogP contribution in [0, 0.1) is 0 Å². The zero-order valence-corrected chi connectivity index (χ0v) is 56.0. The van der Waals surface area contributed by atoms with E-state index in [1.807, 2.05) is 0 Å². The average molecular weight is 1160 g/mol. The molecule has 0 N–H and O–H groups in total. The van der Waals surface area contributed by atoms with Gasteiger partial charge in [0.2, 0.25) is 0 Å². The van der Waals surface area contributed by atoms with E-state index in [0.717, 1.165) is 77.0 Å². The van der Waals surface area contributed by atoms with Gasteiger partial charge in [-0.1, -0.05) is 352 Å². The third kappa shape index (κ3) is 70.0. The normalized spacial score (nSPS) is 12.3. The molecular formula is C77H142O6. The van der Waals surface area contributed by atoms with Gasteiger partial charge in [0.15, 0.2) is 6.10 Å². The average Bonchev–Trinajstić information content (AvgIpc) is 3.49. The molecule has 0 aliphatic carbocycles. The van der Waals surface area contributed by atoms with Crippen LogP contribution in [0.25, 0.3) is 0 Å². The Morgan fingerprint density at radius 3 is 0.687 bits per heavy atom. The second-order valence-corrected chi connectivity index (χ2v) is 25.2. The van der Waals surface area contributed by atoms with Gasteiger partial charge in [0.25, 0.3) is 0 Å². The number of ether oxygens (including phenoxy) is 3. The lowest BCUT2D eigenvalue weighted by Crippen LogP contribution is -2.30. The van der Waals surface area contributed by atoms with Crippen LogP contribution in [0.3, 0.4) is 0 Å². The molecule has 0 aliphatic heterocycles. The standard InChI is InChI=1S/C77H142O6/c1-4-7-10-13-16-19-22-25-27-29-31-33-34-35-36-37-38-39-40-41-42-44-45-47-49-52-55-58-61-64-67-70-76(79)82-73-74(72-81-75(78)69-66-63-60-57-54-51-24-21-18-15-12-9-6-3)83-77(80)71-68-65-62-59-56-53-50-48-46-43-32-30-28-26-23-20-17-14-11-8-5-2/h23,26,29-32,46,48,74H,4-22,24-25,27-28,33-45,47,49-73H2,1-3H3/b26-23-,31-29-,32-30-,48-46-. The van der Waals surface area contributed by atoms with Crippen molar-refractivity contribution in [2.75, 3.05) is 13.2 Å². The van der Waals surface area contributed by atoms with E-state index in [4.69, 9.17) is 14.2 Å². The van der Waals surface area contributed by atoms with Crippen LogP contribution >= 0.6 is 0 Å². The number of unbranched alkanes of at least 4 members (excludes halogenated alkanes) is 50. The van der Waals surface area contributed by atoms with E-state index in [0.29, 0.717) is 19.3 Å². The van der Waals surface area contributed by atoms with Gasteiger partial charge in [-0.25, -0.2) is 0 Å². The molecule has 0 aliphatic rings. The van der Waals surface area contributed by atoms with Gasteiger partial charge in [0, 0.05) is 19.3 Å². The van der Waals surface area contributed by atoms with Crippen molar-refractivity contribution >= 4 is 17.9 Å². The number of carbonyl (C=O) groups excluding carboxylic acids is 3. The fourth-order valence-corrected chi connectivity index (χ4v) is 11.2. The molecule has 0 amide bonds. The Kier molecular flexibility index (Phi) is 69.6. The van der Waals surface area contributed by atoms with Crippen molar-refractivity contribution in [1.82, 2.24) is 0 Å². The first-order valence-electron chi connectivity index (χ1n) is 37.1. The summed E-state index contributed by atoms with van der Waals surface area (Å²) in [5, 5.41) is 0. The molecule has 0 saturated carbocycles. The van der Waals surface area contributed by atoms with Crippen molar-refractivity contribution in [2.24, 2.45) is 0 Å². The molecule has 0 aromatic rings. The van der Waals surface area contributed by atoms with Crippen LogP contribution in [0.1, 0.15) is 406 Å². The summed E-state index contributed by atoms with van der Waals surface area (Å²) in [4.78, 5) is 38.4. The van der Waals surface area contributed by atoms with Crippen LogP contribution in [0.2, 0.25) is 0 Å². The second-order valence-electron chi connectivity index (χ2n) is 25.2. The zero-order chi connectivity index (χ0) is 59.9. The highest BCUT2D eigenvalue weighted by Crippen LogP contribution is 2.18. The highest BCUT2D eigenvalue weighted by molar-refractivity contribution is 5.71. The molecule has 0 aromatic heterocycles. The number of carbonyl (C=O) groups is 3. The lowest BCUT2D eigenvalue weighted by atomic mass is 10.0. The second kappa shape index (κ2) is 71.8. The minimum atomic E-state index is -0.779. The summed E-state index contributed by atoms with van der Waals surface area (Å²) in [7, 11) is 0. The zero-order valence-electron chi connectivity index (χ0n) is 56.0. The minimum Gasteiger partial charge on any atom is -0.462 e. The number of hydrogen-bond acceptors (Lipinski definition) is 6. The Labute approximate surface area is 518 Å². The first-order valence-corrected chi connectivity index (χ1v) is 37.1. The third-order valence-corrected chi connectivity index (χ3v) is 16.8. The smallest absolute Gasteiger partial charge is 0.306 e. The highest BCUT2D eigenvalue weighted by Gasteiger charge is 2.19. The van der Waals surface area contributed by atoms with Crippen molar-refractivity contribution in [1.29, 1.82) is 0 Å². The molecule has 0 fully saturated rings. The third-order valence-electron chi connectivity index (χ3n) is 16.8. The Morgan fingerprint density at radius 1 is 0.241 bits per heavy atom. The summed E-state index contributed by atoms with van der Waals surface area (Å²) in [6.45, 7) is 6.69. The van der Waals surface area contributed by atoms with Gasteiger partial charge >= 0.3 is 17.9 Å². The summed E-state index contributed by atoms with van der Waals surface area (Å²) < 4.78 is 17.0. The van der Waals surface area contributed by atoms with E-state index in [2.05, 4.69) is 69.4 Å². The van der Waals surface area contributed by atoms with Gasteiger partial charge < -0.3 is 14.2 Å². The van der Waals surface area contributed by atoms with Crippen molar-refractivity contribution in [2.45, 2.75) is 412 Å². The Balaban J connectivity index is 4.19. The largest absolute Gasteiger partial charge is 0.462 e. The Hall–Kier alpha value is -2.63. The predicted octanol–water partition coefficient (Wildman–Crippen LogP) is 25.7. The van der Waals surface area contributed by atoms with Crippen molar-refractivity contribution < 1.29 is 28.6 Å². The molecule has 6 heteroatoms. The van der Waals surface area contributed by atoms with E-state index in [1.165, 1.54) is 289 Å². The molecule has 0 saturated heterocycles. The van der Waals surface area contributed by atoms with Gasteiger partial charge in [-0.2, -0.15) is 0 Å². The van der Waals surface area contributed by atoms with Gasteiger partial charge in [0.1, 0.15) is 13.2 Å². The molecule has 1 atom stereocenters. The molecule has 1 unspecified atom stereocenters. The van der Waals surface area contributed by atoms with Crippen LogP contribution in [-0.4, -0.2) is 37.2 Å².